The van der Waals surface area contributed by atoms with Crippen molar-refractivity contribution in [2.45, 2.75) is 26.1 Å². The molecule has 0 saturated carbocycles. The van der Waals surface area contributed by atoms with Crippen LogP contribution >= 0.6 is 0 Å². The van der Waals surface area contributed by atoms with Crippen molar-refractivity contribution in [3.63, 3.8) is 0 Å². The van der Waals surface area contributed by atoms with E-state index in [0.717, 1.165) is 11.6 Å². The third-order valence-electron chi connectivity index (χ3n) is 4.79. The second kappa shape index (κ2) is 9.65. The number of halogens is 3. The molecular formula is C22H19F3N8O. The monoisotopic (exact) mass is 468 g/mol. The standard InChI is InChI=1S/C22H19F3N8O/c1-15(6-9-32-10-8-27-14-32)21(34)28-19-4-5-20(30-29-19)33-18(22(23,24)25)12-17(31-33)11-16-3-2-7-26-13-16/h2-8,10,12-14H,9,11H2,1H3,(H,28,29,34)/b15-6+. The van der Waals surface area contributed by atoms with Gasteiger partial charge in [-0.3, -0.25) is 9.78 Å². The second-order valence-corrected chi connectivity index (χ2v) is 7.35. The maximum absolute atomic E-state index is 13.6. The van der Waals surface area contributed by atoms with Gasteiger partial charge in [-0.15, -0.1) is 10.2 Å². The predicted octanol–water partition coefficient (Wildman–Crippen LogP) is 3.45. The number of allylic oxidation sites excluding steroid dienone is 1. The second-order valence-electron chi connectivity index (χ2n) is 7.35. The molecule has 1 N–H and O–H groups in total. The summed E-state index contributed by atoms with van der Waals surface area (Å²) in [6, 6.07) is 7.10. The van der Waals surface area contributed by atoms with Crippen LogP contribution in [0.5, 0.6) is 0 Å². The van der Waals surface area contributed by atoms with Crippen LogP contribution in [-0.4, -0.2) is 40.4 Å². The first-order chi connectivity index (χ1) is 16.3. The van der Waals surface area contributed by atoms with E-state index in [4.69, 9.17) is 0 Å². The highest BCUT2D eigenvalue weighted by Gasteiger charge is 2.36. The number of imidazole rings is 1. The van der Waals surface area contributed by atoms with E-state index in [1.54, 1.807) is 60.8 Å². The van der Waals surface area contributed by atoms with Gasteiger partial charge >= 0.3 is 6.18 Å². The Kier molecular flexibility index (Phi) is 6.48. The molecule has 0 radical (unpaired) electrons. The number of carbonyl (C=O) groups excluding carboxylic acids is 1. The normalized spacial score (nSPS) is 12.1. The van der Waals surface area contributed by atoms with Gasteiger partial charge in [0.05, 0.1) is 12.0 Å². The highest BCUT2D eigenvalue weighted by atomic mass is 19.4. The van der Waals surface area contributed by atoms with Gasteiger partial charge in [0.15, 0.2) is 11.6 Å². The van der Waals surface area contributed by atoms with Gasteiger partial charge in [-0.25, -0.2) is 9.67 Å². The maximum Gasteiger partial charge on any atom is 0.433 e. The first kappa shape index (κ1) is 22.8. The van der Waals surface area contributed by atoms with Crippen LogP contribution < -0.4 is 5.32 Å². The molecule has 9 nitrogen and oxygen atoms in total. The topological polar surface area (TPSA) is 103 Å². The summed E-state index contributed by atoms with van der Waals surface area (Å²) in [6.45, 7) is 2.10. The van der Waals surface area contributed by atoms with Crippen molar-refractivity contribution in [1.29, 1.82) is 0 Å². The van der Waals surface area contributed by atoms with Gasteiger partial charge in [-0.1, -0.05) is 12.1 Å². The van der Waals surface area contributed by atoms with E-state index in [9.17, 15) is 18.0 Å². The fraction of sp³-hybridized carbons (Fsp3) is 0.182. The van der Waals surface area contributed by atoms with Crippen LogP contribution in [0.15, 0.2) is 73.1 Å². The Morgan fingerprint density at radius 3 is 2.65 bits per heavy atom. The zero-order valence-corrected chi connectivity index (χ0v) is 17.9. The molecule has 4 heterocycles. The van der Waals surface area contributed by atoms with Gasteiger partial charge in [-0.2, -0.15) is 18.3 Å². The van der Waals surface area contributed by atoms with E-state index >= 15 is 0 Å². The first-order valence-corrected chi connectivity index (χ1v) is 10.1. The molecule has 0 aliphatic heterocycles. The molecule has 174 valence electrons. The molecule has 0 unspecified atom stereocenters. The van der Waals surface area contributed by atoms with Crippen LogP contribution in [0, 0.1) is 0 Å². The summed E-state index contributed by atoms with van der Waals surface area (Å²) < 4.78 is 43.3. The summed E-state index contributed by atoms with van der Waals surface area (Å²) in [4.78, 5) is 20.2. The van der Waals surface area contributed by atoms with Gasteiger partial charge in [0.25, 0.3) is 5.91 Å². The fourth-order valence-corrected chi connectivity index (χ4v) is 3.05. The molecule has 1 amide bonds. The quantitative estimate of drug-likeness (QED) is 0.417. The molecule has 0 aliphatic rings. The average Bonchev–Trinajstić information content (AvgIpc) is 3.49. The Balaban J connectivity index is 1.50. The zero-order valence-electron chi connectivity index (χ0n) is 17.9. The number of hydrogen-bond acceptors (Lipinski definition) is 6. The molecule has 0 atom stereocenters. The highest BCUT2D eigenvalue weighted by Crippen LogP contribution is 2.31. The van der Waals surface area contributed by atoms with Crippen molar-refractivity contribution in [3.8, 4) is 5.82 Å². The summed E-state index contributed by atoms with van der Waals surface area (Å²) in [5.41, 5.74) is 0.390. The molecule has 0 saturated heterocycles. The molecule has 34 heavy (non-hydrogen) atoms. The highest BCUT2D eigenvalue weighted by molar-refractivity contribution is 6.02. The lowest BCUT2D eigenvalue weighted by atomic mass is 10.1. The van der Waals surface area contributed by atoms with Crippen LogP contribution in [0.3, 0.4) is 0 Å². The lowest BCUT2D eigenvalue weighted by molar-refractivity contribution is -0.142. The summed E-state index contributed by atoms with van der Waals surface area (Å²) in [6.07, 6.45) is 5.40. The predicted molar refractivity (Wildman–Crippen MR) is 116 cm³/mol. The number of aromatic nitrogens is 7. The van der Waals surface area contributed by atoms with E-state index in [-0.39, 0.29) is 23.8 Å². The number of amides is 1. The van der Waals surface area contributed by atoms with Crippen molar-refractivity contribution in [1.82, 2.24) is 34.5 Å². The van der Waals surface area contributed by atoms with Crippen molar-refractivity contribution in [2.24, 2.45) is 0 Å². The average molecular weight is 468 g/mol. The molecule has 4 aromatic rings. The van der Waals surface area contributed by atoms with Crippen LogP contribution in [0.2, 0.25) is 0 Å². The van der Waals surface area contributed by atoms with Gasteiger partial charge in [0.1, 0.15) is 5.69 Å². The van der Waals surface area contributed by atoms with Crippen molar-refractivity contribution >= 4 is 11.7 Å². The largest absolute Gasteiger partial charge is 0.433 e. The zero-order chi connectivity index (χ0) is 24.1. The molecule has 0 fully saturated rings. The lowest BCUT2D eigenvalue weighted by Crippen LogP contribution is -2.17. The molecule has 0 aromatic carbocycles. The number of hydrogen-bond donors (Lipinski definition) is 1. The fourth-order valence-electron chi connectivity index (χ4n) is 3.05. The number of nitrogens with one attached hydrogen (secondary N) is 1. The molecule has 4 aromatic heterocycles. The number of anilines is 1. The summed E-state index contributed by atoms with van der Waals surface area (Å²) in [5, 5.41) is 14.3. The van der Waals surface area contributed by atoms with Crippen LogP contribution in [0.4, 0.5) is 19.0 Å². The number of pyridine rings is 1. The Morgan fingerprint density at radius 1 is 1.15 bits per heavy atom. The van der Waals surface area contributed by atoms with Crippen molar-refractivity contribution in [3.05, 3.63) is 90.0 Å². The maximum atomic E-state index is 13.6. The molecule has 0 aliphatic carbocycles. The minimum Gasteiger partial charge on any atom is -0.334 e. The lowest BCUT2D eigenvalue weighted by Gasteiger charge is -2.09. The van der Waals surface area contributed by atoms with Crippen molar-refractivity contribution < 1.29 is 18.0 Å². The molecule has 0 bridgehead atoms. The third-order valence-corrected chi connectivity index (χ3v) is 4.79. The van der Waals surface area contributed by atoms with Crippen LogP contribution in [0.1, 0.15) is 23.9 Å². The Labute approximate surface area is 192 Å². The van der Waals surface area contributed by atoms with Gasteiger partial charge in [-0.05, 0) is 36.8 Å². The van der Waals surface area contributed by atoms with Gasteiger partial charge in [0.2, 0.25) is 0 Å². The van der Waals surface area contributed by atoms with Gasteiger partial charge in [0, 0.05) is 43.3 Å². The minimum atomic E-state index is -4.65. The third kappa shape index (κ3) is 5.52. The van der Waals surface area contributed by atoms with Gasteiger partial charge < -0.3 is 9.88 Å². The van der Waals surface area contributed by atoms with E-state index in [1.165, 1.54) is 12.1 Å². The van der Waals surface area contributed by atoms with E-state index in [2.05, 4.69) is 30.6 Å². The first-order valence-electron chi connectivity index (χ1n) is 10.1. The SMILES string of the molecule is C/C(=C\Cn1ccnc1)C(=O)Nc1ccc(-n2nc(Cc3cccnc3)cc2C(F)(F)F)nn1. The minimum absolute atomic E-state index is 0.0976. The summed E-state index contributed by atoms with van der Waals surface area (Å²) in [7, 11) is 0. The molecule has 12 heteroatoms. The molecule has 4 rings (SSSR count). The van der Waals surface area contributed by atoms with E-state index in [0.29, 0.717) is 16.8 Å². The Bertz CT molecular complexity index is 1280. The number of nitrogens with zero attached hydrogens (tertiary/aromatic N) is 7. The number of carbonyl (C=O) groups is 1. The summed E-state index contributed by atoms with van der Waals surface area (Å²) in [5.74, 6) is -0.438. The van der Waals surface area contributed by atoms with Crippen molar-refractivity contribution in [2.75, 3.05) is 5.32 Å². The van der Waals surface area contributed by atoms with Crippen LogP contribution in [0.25, 0.3) is 5.82 Å². The summed E-state index contributed by atoms with van der Waals surface area (Å²) >= 11 is 0. The van der Waals surface area contributed by atoms with Crippen LogP contribution in [-0.2, 0) is 23.9 Å². The Hall–Kier alpha value is -4.35. The number of alkyl halides is 3. The number of rotatable bonds is 7. The smallest absolute Gasteiger partial charge is 0.334 e. The Morgan fingerprint density at radius 2 is 2.00 bits per heavy atom. The molecule has 0 spiro atoms. The van der Waals surface area contributed by atoms with E-state index in [1.807, 2.05) is 0 Å². The van der Waals surface area contributed by atoms with E-state index < -0.39 is 17.8 Å². The molecular weight excluding hydrogens is 449 g/mol.